The van der Waals surface area contributed by atoms with Gasteiger partial charge in [-0.2, -0.15) is 0 Å². The van der Waals surface area contributed by atoms with Crippen molar-refractivity contribution < 1.29 is 18.3 Å². The van der Waals surface area contributed by atoms with Gasteiger partial charge in [0.15, 0.2) is 17.5 Å². The minimum absolute atomic E-state index is 0.341. The van der Waals surface area contributed by atoms with Crippen LogP contribution >= 0.6 is 29.2 Å². The van der Waals surface area contributed by atoms with Gasteiger partial charge in [0.25, 0.3) is 0 Å². The Hall–Kier alpha value is -13.4. The van der Waals surface area contributed by atoms with Crippen molar-refractivity contribution in [2.45, 2.75) is 0 Å². The lowest BCUT2D eigenvalue weighted by Crippen LogP contribution is -2.41. The maximum atomic E-state index is 18.8. The van der Waals surface area contributed by atoms with Gasteiger partial charge in [-0.25, -0.2) is 15.0 Å². The normalized spacial score (nSPS) is 18.0. The summed E-state index contributed by atoms with van der Waals surface area (Å²) in [7, 11) is -16.1. The van der Waals surface area contributed by atoms with E-state index in [1.165, 1.54) is 0 Å². The quantitative estimate of drug-likeness (QED) is 0.103. The molecular formula is C99H67N7O4P4. The highest BCUT2D eigenvalue weighted by molar-refractivity contribution is 7.83. The van der Waals surface area contributed by atoms with E-state index in [4.69, 9.17) is 15.0 Å². The minimum atomic E-state index is -4.25. The molecule has 17 aromatic rings. The number of rotatable bonds is 13. The van der Waals surface area contributed by atoms with Gasteiger partial charge in [-0.15, -0.1) is 0 Å². The molecule has 21 rings (SSSR count). The van der Waals surface area contributed by atoms with Crippen LogP contribution in [0.5, 0.6) is 0 Å². The van der Waals surface area contributed by atoms with Gasteiger partial charge in [0.1, 0.15) is 0 Å². The molecule has 4 unspecified atom stereocenters. The summed E-state index contributed by atoms with van der Waals surface area (Å²) < 4.78 is 80.1. The van der Waals surface area contributed by atoms with Gasteiger partial charge in [-0.3, -0.25) is 36.9 Å². The fourth-order valence-electron chi connectivity index (χ4n) is 17.2. The average molecular weight is 1540 g/mol. The Bertz CT molecular complexity index is 6810. The highest BCUT2D eigenvalue weighted by Gasteiger charge is 2.54. The van der Waals surface area contributed by atoms with E-state index in [0.29, 0.717) is 99.3 Å². The Morgan fingerprint density at radius 3 is 0.798 bits per heavy atom. The van der Waals surface area contributed by atoms with Crippen molar-refractivity contribution in [2.75, 3.05) is 18.7 Å². The van der Waals surface area contributed by atoms with Gasteiger partial charge in [-0.1, -0.05) is 261 Å². The van der Waals surface area contributed by atoms with Gasteiger partial charge in [0.2, 0.25) is 29.2 Å². The highest BCUT2D eigenvalue weighted by atomic mass is 31.2. The van der Waals surface area contributed by atoms with Crippen LogP contribution in [0.3, 0.4) is 0 Å². The molecule has 0 saturated heterocycles. The topological polar surface area (TPSA) is 120 Å². The summed E-state index contributed by atoms with van der Waals surface area (Å²) >= 11 is 0. The van der Waals surface area contributed by atoms with Crippen LogP contribution in [-0.2, 0) is 18.3 Å². The van der Waals surface area contributed by atoms with Crippen molar-refractivity contribution in [3.8, 4) is 89.8 Å². The van der Waals surface area contributed by atoms with Crippen LogP contribution in [0.2, 0.25) is 0 Å². The summed E-state index contributed by atoms with van der Waals surface area (Å²) in [5.74, 6) is 1.25. The number of aromatic nitrogens is 3. The Balaban J connectivity index is 0.766. The van der Waals surface area contributed by atoms with Crippen LogP contribution in [0.1, 0.15) is 0 Å². The number of anilines is 8. The fourth-order valence-corrected chi connectivity index (χ4v) is 29.4. The molecule has 4 aliphatic rings. The van der Waals surface area contributed by atoms with Crippen LogP contribution in [0, 0.1) is 0 Å². The molecule has 1 aromatic heterocycles. The van der Waals surface area contributed by atoms with Gasteiger partial charge in [0, 0.05) is 104 Å². The summed E-state index contributed by atoms with van der Waals surface area (Å²) in [6.45, 7) is 0. The first kappa shape index (κ1) is 68.7. The Labute approximate surface area is 660 Å². The summed E-state index contributed by atoms with van der Waals surface area (Å²) in [5, 5.41) is 4.82. The number of fused-ring (bicyclic) bond motifs is 6. The van der Waals surface area contributed by atoms with E-state index in [2.05, 4.69) is 48.5 Å². The third kappa shape index (κ3) is 10.7. The van der Waals surface area contributed by atoms with Gasteiger partial charge >= 0.3 is 0 Å². The van der Waals surface area contributed by atoms with Crippen LogP contribution in [0.25, 0.3) is 89.8 Å². The lowest BCUT2D eigenvalue weighted by atomic mass is 9.94. The van der Waals surface area contributed by atoms with Crippen molar-refractivity contribution in [1.29, 1.82) is 0 Å². The molecule has 4 atom stereocenters. The predicted octanol–water partition coefficient (Wildman–Crippen LogP) is 22.7. The zero-order valence-electron chi connectivity index (χ0n) is 61.2. The standard InChI is InChI=1S/C99H67N7O4P4/c107-111(79-46-24-8-25-47-79)91-66-86-84-51-29-31-53-88(84)104(76-40-18-5-19-41-76)112(108,92(86)67-85(91)83-50-28-30-52-87(83)103(111)75-38-16-4-17-39-75)81-58-54-69(55-59-81)70-56-60-82(61-57-70)114(110)93-64-73(68-32-10-1-11-33-68)62-89-95(93)96-90(106(114)78-44-22-7-23-45-78)63-74(65-94(96)113(109,80-48-26-9-27-49-80)105(89)77-42-20-6-21-43-77)99-101-97(71-34-12-2-13-35-71)100-98(102-99)72-36-14-3-15-37-72/h1-67H. The SMILES string of the molecule is O=P1(c2ccccc2)c2cc3c(cc2-c2ccccc2N1c1ccccc1)P(=O)(c1ccc(-c2ccc(P4(=O)c5cc(-c6ccccc6)cc6c5-c5c(cc(-c7nc(-c8ccccc8)nc(-c8ccccc8)n7)cc5P(=O)(c5ccccc5)N6c5ccccc5)N4c4ccccc4)cc2)cc1)N(c1ccccc1)c1ccccc1-3. The summed E-state index contributed by atoms with van der Waals surface area (Å²) in [5.41, 5.74) is 15.8. The molecule has 11 nitrogen and oxygen atoms in total. The second-order valence-electron chi connectivity index (χ2n) is 28.8. The molecule has 0 amide bonds. The van der Waals surface area contributed by atoms with E-state index in [-0.39, 0.29) is 0 Å². The Morgan fingerprint density at radius 2 is 0.439 bits per heavy atom. The molecule has 4 aliphatic heterocycles. The molecule has 15 heteroatoms. The van der Waals surface area contributed by atoms with Crippen molar-refractivity contribution in [2.24, 2.45) is 0 Å². The number of benzene rings is 16. The number of hydrogen-bond acceptors (Lipinski definition) is 7. The second-order valence-corrected chi connectivity index (χ2v) is 39.0. The first-order valence-corrected chi connectivity index (χ1v) is 44.5. The third-order valence-corrected chi connectivity index (χ3v) is 34.4. The Morgan fingerprint density at radius 1 is 0.184 bits per heavy atom. The lowest BCUT2D eigenvalue weighted by molar-refractivity contribution is 0.585. The zero-order chi connectivity index (χ0) is 76.3. The van der Waals surface area contributed by atoms with Gasteiger partial charge in [-0.05, 0) is 179 Å². The lowest BCUT2D eigenvalue weighted by Gasteiger charge is -2.47. The molecule has 0 saturated carbocycles. The van der Waals surface area contributed by atoms with Gasteiger partial charge < -0.3 is 0 Å². The highest BCUT2D eigenvalue weighted by Crippen LogP contribution is 2.71. The largest absolute Gasteiger partial charge is 0.289 e. The maximum absolute atomic E-state index is 18.8. The van der Waals surface area contributed by atoms with Crippen molar-refractivity contribution in [1.82, 2.24) is 15.0 Å². The molecule has 0 aliphatic carbocycles. The molecular weight excluding hydrogens is 1480 g/mol. The smallest absolute Gasteiger partial charge is 0.234 e. The molecule has 5 heterocycles. The molecule has 542 valence electrons. The first-order chi connectivity index (χ1) is 56.1. The fraction of sp³-hybridized carbons (Fsp3) is 0. The van der Waals surface area contributed by atoms with E-state index in [1.807, 2.05) is 377 Å². The molecule has 0 bridgehead atoms. The predicted molar refractivity (Wildman–Crippen MR) is 471 cm³/mol. The first-order valence-electron chi connectivity index (χ1n) is 37.9. The van der Waals surface area contributed by atoms with E-state index < -0.39 is 29.2 Å². The third-order valence-electron chi connectivity index (χ3n) is 22.3. The monoisotopic (exact) mass is 1540 g/mol. The van der Waals surface area contributed by atoms with E-state index >= 15 is 18.3 Å². The zero-order valence-corrected chi connectivity index (χ0v) is 64.8. The second kappa shape index (κ2) is 27.2. The molecule has 114 heavy (non-hydrogen) atoms. The van der Waals surface area contributed by atoms with E-state index in [0.717, 1.165) is 78.4 Å². The average Bonchev–Trinajstić information content (AvgIpc) is 0.670. The summed E-state index contributed by atoms with van der Waals surface area (Å²) in [4.78, 5) is 15.8. The Kier molecular flexibility index (Phi) is 16.4. The van der Waals surface area contributed by atoms with Crippen LogP contribution in [0.15, 0.2) is 406 Å². The van der Waals surface area contributed by atoms with Crippen LogP contribution in [0.4, 0.5) is 45.5 Å². The van der Waals surface area contributed by atoms with Crippen molar-refractivity contribution >= 4 is 117 Å². The van der Waals surface area contributed by atoms with Crippen molar-refractivity contribution in [3.63, 3.8) is 0 Å². The maximum Gasteiger partial charge on any atom is 0.234 e. The number of nitrogens with zero attached hydrogens (tertiary/aromatic N) is 7. The molecule has 0 spiro atoms. The molecule has 0 radical (unpaired) electrons. The molecule has 0 N–H and O–H groups in total. The van der Waals surface area contributed by atoms with E-state index in [9.17, 15) is 0 Å². The molecule has 0 fully saturated rings. The minimum Gasteiger partial charge on any atom is -0.289 e. The van der Waals surface area contributed by atoms with Crippen LogP contribution < -0.4 is 61.1 Å². The number of hydrogen-bond donors (Lipinski definition) is 0. The molecule has 16 aromatic carbocycles. The number of para-hydroxylation sites is 6. The van der Waals surface area contributed by atoms with Gasteiger partial charge in [0.05, 0.1) is 22.7 Å². The van der Waals surface area contributed by atoms with Crippen LogP contribution in [-0.4, -0.2) is 15.0 Å². The van der Waals surface area contributed by atoms with Crippen molar-refractivity contribution in [3.05, 3.63) is 406 Å². The summed E-state index contributed by atoms with van der Waals surface area (Å²) in [6.07, 6.45) is 0. The summed E-state index contributed by atoms with van der Waals surface area (Å²) in [6, 6.07) is 134. The van der Waals surface area contributed by atoms with E-state index in [1.54, 1.807) is 0 Å².